The van der Waals surface area contributed by atoms with Gasteiger partial charge in [-0.05, 0) is 37.5 Å². The fraction of sp³-hybridized carbons (Fsp3) is 0.333. The first kappa shape index (κ1) is 12.0. The second-order valence-corrected chi connectivity index (χ2v) is 5.14. The molecule has 2 aromatic rings. The van der Waals surface area contributed by atoms with Gasteiger partial charge in [0, 0.05) is 18.1 Å². The van der Waals surface area contributed by atoms with Crippen molar-refractivity contribution in [1.29, 1.82) is 0 Å². The van der Waals surface area contributed by atoms with Gasteiger partial charge in [-0.15, -0.1) is 0 Å². The first-order chi connectivity index (χ1) is 9.13. The molecule has 1 heterocycles. The molecule has 0 radical (unpaired) electrons. The summed E-state index contributed by atoms with van der Waals surface area (Å²) in [4.78, 5) is 15.8. The van der Waals surface area contributed by atoms with Crippen LogP contribution < -0.4 is 0 Å². The van der Waals surface area contributed by atoms with Crippen molar-refractivity contribution in [2.45, 2.75) is 31.6 Å². The maximum atomic E-state index is 11.5. The number of aromatic nitrogens is 2. The van der Waals surface area contributed by atoms with Gasteiger partial charge in [-0.25, -0.2) is 4.98 Å². The highest BCUT2D eigenvalue weighted by Crippen LogP contribution is 2.44. The quantitative estimate of drug-likeness (QED) is 0.918. The Balaban J connectivity index is 2.06. The number of carboxylic acid groups (broad SMARTS) is 1. The van der Waals surface area contributed by atoms with E-state index >= 15 is 0 Å². The van der Waals surface area contributed by atoms with Crippen LogP contribution in [0.25, 0.3) is 5.69 Å². The highest BCUT2D eigenvalue weighted by molar-refractivity contribution is 5.82. The topological polar surface area (TPSA) is 55.1 Å². The minimum atomic E-state index is -0.710. The van der Waals surface area contributed by atoms with Crippen molar-refractivity contribution in [1.82, 2.24) is 9.55 Å². The van der Waals surface area contributed by atoms with Crippen LogP contribution in [0, 0.1) is 6.92 Å². The zero-order chi connectivity index (χ0) is 13.5. The van der Waals surface area contributed by atoms with E-state index in [0.29, 0.717) is 0 Å². The largest absolute Gasteiger partial charge is 0.481 e. The highest BCUT2D eigenvalue weighted by Gasteiger charge is 2.45. The summed E-state index contributed by atoms with van der Waals surface area (Å²) in [5.74, 6) is 0.188. The number of nitrogens with zero attached hydrogens (tertiary/aromatic N) is 2. The second-order valence-electron chi connectivity index (χ2n) is 5.14. The molecule has 0 atom stereocenters. The maximum Gasteiger partial charge on any atom is 0.314 e. The first-order valence-corrected chi connectivity index (χ1v) is 6.48. The Kier molecular flexibility index (Phi) is 2.66. The predicted octanol–water partition coefficient (Wildman–Crippen LogP) is 2.69. The average Bonchev–Trinajstić information content (AvgIpc) is 2.74. The van der Waals surface area contributed by atoms with Crippen molar-refractivity contribution in [3.05, 3.63) is 48.0 Å². The number of imidazole rings is 1. The Morgan fingerprint density at radius 3 is 2.74 bits per heavy atom. The normalized spacial score (nSPS) is 16.9. The molecule has 1 saturated carbocycles. The van der Waals surface area contributed by atoms with Crippen LogP contribution in [0.3, 0.4) is 0 Å². The number of carboxylic acids is 1. The summed E-state index contributed by atoms with van der Waals surface area (Å²) in [7, 11) is 0. The Hall–Kier alpha value is -2.10. The Morgan fingerprint density at radius 2 is 2.21 bits per heavy atom. The third-order valence-corrected chi connectivity index (χ3v) is 4.12. The van der Waals surface area contributed by atoms with E-state index in [1.54, 1.807) is 6.20 Å². The standard InChI is InChI=1S/C15H16N2O2/c1-11-16-8-9-17(11)13-5-2-4-12(10-13)15(14(18)19)6-3-7-15/h2,4-5,8-10H,3,6-7H2,1H3,(H,18,19). The molecule has 0 bridgehead atoms. The van der Waals surface area contributed by atoms with E-state index < -0.39 is 11.4 Å². The molecular weight excluding hydrogens is 240 g/mol. The number of carbonyl (C=O) groups is 1. The van der Waals surface area contributed by atoms with Crippen molar-refractivity contribution < 1.29 is 9.90 Å². The van der Waals surface area contributed by atoms with Crippen LogP contribution in [0.5, 0.6) is 0 Å². The number of rotatable bonds is 3. The molecule has 1 N–H and O–H groups in total. The number of aryl methyl sites for hydroxylation is 1. The summed E-state index contributed by atoms with van der Waals surface area (Å²) in [5.41, 5.74) is 1.20. The third-order valence-electron chi connectivity index (χ3n) is 4.12. The summed E-state index contributed by atoms with van der Waals surface area (Å²) in [6.45, 7) is 1.93. The van der Waals surface area contributed by atoms with Gasteiger partial charge in [0.2, 0.25) is 0 Å². The smallest absolute Gasteiger partial charge is 0.314 e. The molecule has 1 aromatic heterocycles. The average molecular weight is 256 g/mol. The zero-order valence-electron chi connectivity index (χ0n) is 10.8. The van der Waals surface area contributed by atoms with E-state index in [-0.39, 0.29) is 0 Å². The first-order valence-electron chi connectivity index (χ1n) is 6.48. The van der Waals surface area contributed by atoms with E-state index in [1.807, 2.05) is 42.0 Å². The lowest BCUT2D eigenvalue weighted by atomic mass is 9.64. The molecule has 98 valence electrons. The summed E-state index contributed by atoms with van der Waals surface area (Å²) < 4.78 is 1.97. The van der Waals surface area contributed by atoms with Gasteiger partial charge in [-0.1, -0.05) is 18.6 Å². The Labute approximate surface area is 111 Å². The minimum absolute atomic E-state index is 0.676. The number of aliphatic carboxylic acids is 1. The summed E-state index contributed by atoms with van der Waals surface area (Å²) in [6.07, 6.45) is 6.09. The van der Waals surface area contributed by atoms with Crippen LogP contribution in [0.15, 0.2) is 36.7 Å². The molecule has 3 rings (SSSR count). The van der Waals surface area contributed by atoms with Crippen molar-refractivity contribution in [2.75, 3.05) is 0 Å². The van der Waals surface area contributed by atoms with E-state index in [9.17, 15) is 9.90 Å². The van der Waals surface area contributed by atoms with Crippen LogP contribution >= 0.6 is 0 Å². The van der Waals surface area contributed by atoms with E-state index in [1.165, 1.54) is 0 Å². The van der Waals surface area contributed by atoms with Crippen LogP contribution in [0.4, 0.5) is 0 Å². The molecule has 4 nitrogen and oxygen atoms in total. The molecule has 4 heteroatoms. The second kappa shape index (κ2) is 4.23. The van der Waals surface area contributed by atoms with Crippen LogP contribution in [0.2, 0.25) is 0 Å². The van der Waals surface area contributed by atoms with Gasteiger partial charge in [-0.3, -0.25) is 4.79 Å². The maximum absolute atomic E-state index is 11.5. The highest BCUT2D eigenvalue weighted by atomic mass is 16.4. The Morgan fingerprint density at radius 1 is 1.42 bits per heavy atom. The van der Waals surface area contributed by atoms with Gasteiger partial charge < -0.3 is 9.67 Å². The molecule has 19 heavy (non-hydrogen) atoms. The molecule has 0 amide bonds. The monoisotopic (exact) mass is 256 g/mol. The van der Waals surface area contributed by atoms with E-state index in [0.717, 1.165) is 36.3 Å². The predicted molar refractivity (Wildman–Crippen MR) is 71.5 cm³/mol. The minimum Gasteiger partial charge on any atom is -0.481 e. The summed E-state index contributed by atoms with van der Waals surface area (Å²) >= 11 is 0. The molecule has 1 aliphatic rings. The van der Waals surface area contributed by atoms with Gasteiger partial charge in [0.05, 0.1) is 5.41 Å². The molecule has 1 fully saturated rings. The van der Waals surface area contributed by atoms with Crippen LogP contribution in [-0.2, 0) is 10.2 Å². The molecular formula is C15H16N2O2. The van der Waals surface area contributed by atoms with Crippen LogP contribution in [-0.4, -0.2) is 20.6 Å². The van der Waals surface area contributed by atoms with Crippen LogP contribution in [0.1, 0.15) is 30.7 Å². The lowest BCUT2D eigenvalue weighted by Crippen LogP contribution is -2.42. The van der Waals surface area contributed by atoms with Crippen molar-refractivity contribution in [2.24, 2.45) is 0 Å². The third kappa shape index (κ3) is 1.75. The van der Waals surface area contributed by atoms with Crippen molar-refractivity contribution >= 4 is 5.97 Å². The molecule has 0 spiro atoms. The van der Waals surface area contributed by atoms with Crippen molar-refractivity contribution in [3.8, 4) is 5.69 Å². The van der Waals surface area contributed by atoms with Gasteiger partial charge in [0.25, 0.3) is 0 Å². The van der Waals surface area contributed by atoms with Gasteiger partial charge in [-0.2, -0.15) is 0 Å². The fourth-order valence-corrected chi connectivity index (χ4v) is 2.76. The SMILES string of the molecule is Cc1nccn1-c1cccc(C2(C(=O)O)CCC2)c1. The summed E-state index contributed by atoms with van der Waals surface area (Å²) in [6, 6.07) is 7.80. The molecule has 1 aliphatic carbocycles. The fourth-order valence-electron chi connectivity index (χ4n) is 2.76. The van der Waals surface area contributed by atoms with E-state index in [4.69, 9.17) is 0 Å². The number of hydrogen-bond donors (Lipinski definition) is 1. The van der Waals surface area contributed by atoms with Gasteiger partial charge in [0.15, 0.2) is 0 Å². The summed E-state index contributed by atoms with van der Waals surface area (Å²) in [5, 5.41) is 9.49. The lowest BCUT2D eigenvalue weighted by Gasteiger charge is -2.38. The molecule has 1 aromatic carbocycles. The number of benzene rings is 1. The Bertz CT molecular complexity index is 627. The molecule has 0 unspecified atom stereocenters. The van der Waals surface area contributed by atoms with Gasteiger partial charge in [0.1, 0.15) is 5.82 Å². The van der Waals surface area contributed by atoms with Crippen molar-refractivity contribution in [3.63, 3.8) is 0 Å². The molecule has 0 aliphatic heterocycles. The molecule has 0 saturated heterocycles. The lowest BCUT2D eigenvalue weighted by molar-refractivity contribution is -0.147. The van der Waals surface area contributed by atoms with E-state index in [2.05, 4.69) is 4.98 Å². The van der Waals surface area contributed by atoms with Gasteiger partial charge >= 0.3 is 5.97 Å². The number of hydrogen-bond acceptors (Lipinski definition) is 2. The zero-order valence-corrected chi connectivity index (χ0v) is 10.8.